The van der Waals surface area contributed by atoms with Crippen LogP contribution in [0.5, 0.6) is 0 Å². The quantitative estimate of drug-likeness (QED) is 0.788. The Bertz CT molecular complexity index is 849. The fourth-order valence-electron chi connectivity index (χ4n) is 2.16. The lowest BCUT2D eigenvalue weighted by Crippen LogP contribution is -2.32. The standard InChI is InChI=1S/C16H17F3N2O4S/c1-26(23,24)21(11-14-6-3-9-25-14)8-7-15(22)20-13-5-2-4-12(10-13)16(17,18)19/h2-6,9-10H,7-8,11H2,1H3,(H,20,22). The number of sulfonamides is 1. The molecule has 2 rings (SSSR count). The van der Waals surface area contributed by atoms with Gasteiger partial charge in [0.05, 0.1) is 24.6 Å². The zero-order chi connectivity index (χ0) is 19.4. The lowest BCUT2D eigenvalue weighted by Gasteiger charge is -2.18. The molecule has 1 aromatic heterocycles. The van der Waals surface area contributed by atoms with Crippen LogP contribution in [0.3, 0.4) is 0 Å². The highest BCUT2D eigenvalue weighted by Crippen LogP contribution is 2.30. The minimum atomic E-state index is -4.52. The molecule has 1 N–H and O–H groups in total. The Hall–Kier alpha value is -2.33. The number of nitrogens with zero attached hydrogens (tertiary/aromatic N) is 1. The van der Waals surface area contributed by atoms with Gasteiger partial charge in [0.2, 0.25) is 15.9 Å². The summed E-state index contributed by atoms with van der Waals surface area (Å²) in [6.07, 6.45) is -2.34. The molecule has 0 aliphatic carbocycles. The van der Waals surface area contributed by atoms with Crippen molar-refractivity contribution in [3.05, 3.63) is 54.0 Å². The second kappa shape index (κ2) is 7.92. The molecule has 0 aliphatic heterocycles. The summed E-state index contributed by atoms with van der Waals surface area (Å²) < 4.78 is 67.8. The second-order valence-corrected chi connectivity index (χ2v) is 7.54. The van der Waals surface area contributed by atoms with Gasteiger partial charge < -0.3 is 9.73 Å². The van der Waals surface area contributed by atoms with E-state index in [-0.39, 0.29) is 25.2 Å². The second-order valence-electron chi connectivity index (χ2n) is 5.55. The first-order valence-electron chi connectivity index (χ1n) is 7.50. The van der Waals surface area contributed by atoms with Crippen LogP contribution in [0, 0.1) is 0 Å². The molecule has 1 amide bonds. The molecule has 0 fully saturated rings. The fraction of sp³-hybridized carbons (Fsp3) is 0.312. The lowest BCUT2D eigenvalue weighted by atomic mass is 10.2. The molecular formula is C16H17F3N2O4S. The summed E-state index contributed by atoms with van der Waals surface area (Å²) in [7, 11) is -3.59. The molecule has 0 aliphatic rings. The molecule has 2 aromatic rings. The SMILES string of the molecule is CS(=O)(=O)N(CCC(=O)Nc1cccc(C(F)(F)F)c1)Cc1ccco1. The molecule has 1 aromatic carbocycles. The third kappa shape index (κ3) is 5.88. The van der Waals surface area contributed by atoms with Gasteiger partial charge in [0.1, 0.15) is 5.76 Å². The van der Waals surface area contributed by atoms with Crippen molar-refractivity contribution in [1.82, 2.24) is 4.31 Å². The van der Waals surface area contributed by atoms with E-state index >= 15 is 0 Å². The summed E-state index contributed by atoms with van der Waals surface area (Å²) in [6, 6.07) is 7.42. The number of carbonyl (C=O) groups is 1. The highest BCUT2D eigenvalue weighted by molar-refractivity contribution is 7.88. The van der Waals surface area contributed by atoms with E-state index in [2.05, 4.69) is 5.32 Å². The molecular weight excluding hydrogens is 373 g/mol. The smallest absolute Gasteiger partial charge is 0.416 e. The molecule has 0 saturated heterocycles. The fourth-order valence-corrected chi connectivity index (χ4v) is 2.95. The number of hydrogen-bond donors (Lipinski definition) is 1. The minimum absolute atomic E-state index is 0.0123. The Kier molecular flexibility index (Phi) is 6.09. The Morgan fingerprint density at radius 3 is 2.54 bits per heavy atom. The molecule has 0 unspecified atom stereocenters. The minimum Gasteiger partial charge on any atom is -0.468 e. The number of hydrogen-bond acceptors (Lipinski definition) is 4. The summed E-state index contributed by atoms with van der Waals surface area (Å²) in [5.41, 5.74) is -0.896. The van der Waals surface area contributed by atoms with Gasteiger partial charge in [0.25, 0.3) is 0 Å². The first-order chi connectivity index (χ1) is 12.1. The Morgan fingerprint density at radius 2 is 1.96 bits per heavy atom. The van der Waals surface area contributed by atoms with Crippen molar-refractivity contribution in [2.75, 3.05) is 18.1 Å². The van der Waals surface area contributed by atoms with Gasteiger partial charge in [-0.15, -0.1) is 0 Å². The van der Waals surface area contributed by atoms with Crippen LogP contribution in [0.2, 0.25) is 0 Å². The third-order valence-corrected chi connectivity index (χ3v) is 4.69. The number of carbonyl (C=O) groups excluding carboxylic acids is 1. The van der Waals surface area contributed by atoms with E-state index in [9.17, 15) is 26.4 Å². The topological polar surface area (TPSA) is 79.6 Å². The molecule has 0 atom stereocenters. The highest BCUT2D eigenvalue weighted by Gasteiger charge is 2.30. The molecule has 26 heavy (non-hydrogen) atoms. The van der Waals surface area contributed by atoms with E-state index in [1.165, 1.54) is 18.4 Å². The van der Waals surface area contributed by atoms with Gasteiger partial charge >= 0.3 is 6.18 Å². The number of furan rings is 1. The molecule has 0 saturated carbocycles. The van der Waals surface area contributed by atoms with E-state index in [4.69, 9.17) is 4.42 Å². The van der Waals surface area contributed by atoms with Crippen molar-refractivity contribution < 1.29 is 30.8 Å². The van der Waals surface area contributed by atoms with E-state index in [1.807, 2.05) is 0 Å². The number of amides is 1. The number of halogens is 3. The molecule has 1 heterocycles. The highest BCUT2D eigenvalue weighted by atomic mass is 32.2. The number of nitrogens with one attached hydrogen (secondary N) is 1. The predicted octanol–water partition coefficient (Wildman–Crippen LogP) is 3.09. The van der Waals surface area contributed by atoms with E-state index < -0.39 is 27.7 Å². The summed E-state index contributed by atoms with van der Waals surface area (Å²) in [4.78, 5) is 12.0. The van der Waals surface area contributed by atoms with Crippen LogP contribution in [0.15, 0.2) is 47.1 Å². The monoisotopic (exact) mass is 390 g/mol. The van der Waals surface area contributed by atoms with Crippen molar-refractivity contribution in [2.45, 2.75) is 19.1 Å². The van der Waals surface area contributed by atoms with Crippen molar-refractivity contribution in [2.24, 2.45) is 0 Å². The maximum absolute atomic E-state index is 12.7. The normalized spacial score (nSPS) is 12.3. The van der Waals surface area contributed by atoms with Crippen LogP contribution in [0.4, 0.5) is 18.9 Å². The van der Waals surface area contributed by atoms with Crippen LogP contribution in [-0.4, -0.2) is 31.4 Å². The van der Waals surface area contributed by atoms with Gasteiger partial charge in [-0.25, -0.2) is 8.42 Å². The molecule has 142 valence electrons. The van der Waals surface area contributed by atoms with Gasteiger partial charge in [0, 0.05) is 18.7 Å². The summed E-state index contributed by atoms with van der Waals surface area (Å²) in [5.74, 6) is -0.189. The van der Waals surface area contributed by atoms with Crippen molar-refractivity contribution in [1.29, 1.82) is 0 Å². The molecule has 6 nitrogen and oxygen atoms in total. The zero-order valence-corrected chi connectivity index (χ0v) is 14.6. The molecule has 0 radical (unpaired) electrons. The van der Waals surface area contributed by atoms with E-state index in [1.54, 1.807) is 12.1 Å². The van der Waals surface area contributed by atoms with Crippen LogP contribution in [-0.2, 0) is 27.5 Å². The van der Waals surface area contributed by atoms with Gasteiger partial charge in [-0.3, -0.25) is 4.79 Å². The number of rotatable bonds is 7. The maximum atomic E-state index is 12.7. The Labute approximate surface area is 148 Å². The van der Waals surface area contributed by atoms with Gasteiger partial charge in [-0.2, -0.15) is 17.5 Å². The summed E-state index contributed by atoms with van der Waals surface area (Å²) in [6.45, 7) is -0.174. The van der Waals surface area contributed by atoms with Gasteiger partial charge in [0.15, 0.2) is 0 Å². The summed E-state index contributed by atoms with van der Waals surface area (Å²) in [5, 5.41) is 2.34. The van der Waals surface area contributed by atoms with E-state index in [0.29, 0.717) is 5.76 Å². The predicted molar refractivity (Wildman–Crippen MR) is 88.7 cm³/mol. The Morgan fingerprint density at radius 1 is 1.23 bits per heavy atom. The zero-order valence-electron chi connectivity index (χ0n) is 13.8. The first kappa shape index (κ1) is 20.0. The van der Waals surface area contributed by atoms with Crippen LogP contribution >= 0.6 is 0 Å². The van der Waals surface area contributed by atoms with E-state index in [0.717, 1.165) is 22.7 Å². The molecule has 10 heteroatoms. The van der Waals surface area contributed by atoms with Crippen molar-refractivity contribution in [3.63, 3.8) is 0 Å². The number of alkyl halides is 3. The third-order valence-electron chi connectivity index (χ3n) is 3.44. The lowest BCUT2D eigenvalue weighted by molar-refractivity contribution is -0.137. The van der Waals surface area contributed by atoms with Crippen LogP contribution in [0.25, 0.3) is 0 Å². The average Bonchev–Trinajstić information content (AvgIpc) is 3.03. The van der Waals surface area contributed by atoms with Crippen molar-refractivity contribution in [3.8, 4) is 0 Å². The van der Waals surface area contributed by atoms with Gasteiger partial charge in [-0.1, -0.05) is 6.07 Å². The molecule has 0 bridgehead atoms. The first-order valence-corrected chi connectivity index (χ1v) is 9.35. The van der Waals surface area contributed by atoms with Crippen molar-refractivity contribution >= 4 is 21.6 Å². The average molecular weight is 390 g/mol. The largest absolute Gasteiger partial charge is 0.468 e. The van der Waals surface area contributed by atoms with Crippen LogP contribution in [0.1, 0.15) is 17.7 Å². The number of benzene rings is 1. The van der Waals surface area contributed by atoms with Crippen LogP contribution < -0.4 is 5.32 Å². The molecule has 0 spiro atoms. The summed E-state index contributed by atoms with van der Waals surface area (Å²) >= 11 is 0. The van der Waals surface area contributed by atoms with Gasteiger partial charge in [-0.05, 0) is 30.3 Å². The maximum Gasteiger partial charge on any atom is 0.416 e. The number of anilines is 1. The Balaban J connectivity index is 1.98.